The number of hydrogen-bond donors (Lipinski definition) is 1. The molecule has 0 aromatic heterocycles. The summed E-state index contributed by atoms with van der Waals surface area (Å²) in [5, 5.41) is 3.31. The number of rotatable bonds is 4. The van der Waals surface area contributed by atoms with Gasteiger partial charge >= 0.3 is 6.03 Å². The molecule has 2 aromatic carbocycles. The molecule has 6 heteroatoms. The average molecular weight is 421 g/mol. The molecule has 4 rings (SSSR count). The lowest BCUT2D eigenvalue weighted by Crippen LogP contribution is -2.47. The zero-order chi connectivity index (χ0) is 22.0. The summed E-state index contributed by atoms with van der Waals surface area (Å²) in [7, 11) is 3.73. The maximum atomic E-state index is 13.0. The molecule has 0 saturated carbocycles. The number of nitrogens with zero attached hydrogens (tertiary/aromatic N) is 3. The monoisotopic (exact) mass is 420 g/mol. The zero-order valence-corrected chi connectivity index (χ0v) is 18.7. The van der Waals surface area contributed by atoms with Crippen LogP contribution in [0.4, 0.5) is 4.79 Å². The molecule has 2 saturated heterocycles. The molecule has 31 heavy (non-hydrogen) atoms. The molecule has 1 N–H and O–H groups in total. The van der Waals surface area contributed by atoms with Crippen molar-refractivity contribution >= 4 is 11.9 Å². The van der Waals surface area contributed by atoms with Crippen LogP contribution < -0.4 is 5.32 Å². The fourth-order valence-corrected chi connectivity index (χ4v) is 4.50. The second-order valence-corrected chi connectivity index (χ2v) is 8.79. The first-order chi connectivity index (χ1) is 14.9. The summed E-state index contributed by atoms with van der Waals surface area (Å²) in [5.74, 6) is 0.00287. The van der Waals surface area contributed by atoms with Crippen LogP contribution in [0, 0.1) is 6.92 Å². The van der Waals surface area contributed by atoms with E-state index in [1.165, 1.54) is 5.56 Å². The molecule has 2 unspecified atom stereocenters. The van der Waals surface area contributed by atoms with Crippen molar-refractivity contribution in [2.24, 2.45) is 0 Å². The van der Waals surface area contributed by atoms with Crippen molar-refractivity contribution < 1.29 is 9.59 Å². The van der Waals surface area contributed by atoms with Gasteiger partial charge in [-0.15, -0.1) is 0 Å². The van der Waals surface area contributed by atoms with Gasteiger partial charge in [0.15, 0.2) is 0 Å². The first-order valence-corrected chi connectivity index (χ1v) is 11.1. The Balaban J connectivity index is 1.37. The Hall–Kier alpha value is -2.86. The highest BCUT2D eigenvalue weighted by molar-refractivity contribution is 5.95. The van der Waals surface area contributed by atoms with E-state index in [0.29, 0.717) is 18.7 Å². The van der Waals surface area contributed by atoms with Crippen molar-refractivity contribution in [2.75, 3.05) is 40.3 Å². The van der Waals surface area contributed by atoms with Gasteiger partial charge in [0.25, 0.3) is 5.91 Å². The Morgan fingerprint density at radius 1 is 0.903 bits per heavy atom. The Labute approximate surface area is 184 Å². The summed E-state index contributed by atoms with van der Waals surface area (Å²) in [5.41, 5.74) is 4.15. The number of likely N-dealkylation sites (N-methyl/N-ethyl adjacent to an activating group) is 2. The Morgan fingerprint density at radius 3 is 2.16 bits per heavy atom. The van der Waals surface area contributed by atoms with Crippen LogP contribution in [-0.2, 0) is 0 Å². The lowest BCUT2D eigenvalue weighted by molar-refractivity contribution is 0.0734. The smallest absolute Gasteiger partial charge is 0.320 e. The fourth-order valence-electron chi connectivity index (χ4n) is 4.50. The lowest BCUT2D eigenvalue weighted by atomic mass is 10.0. The number of urea groups is 1. The molecule has 2 aliphatic heterocycles. The number of hydrogen-bond acceptors (Lipinski definition) is 3. The molecule has 0 aliphatic carbocycles. The van der Waals surface area contributed by atoms with Gasteiger partial charge < -0.3 is 20.0 Å². The number of benzene rings is 2. The molecule has 0 bridgehead atoms. The number of carbonyl (C=O) groups is 2. The number of likely N-dealkylation sites (tertiary alicyclic amines) is 1. The van der Waals surface area contributed by atoms with Crippen LogP contribution in [0.2, 0.25) is 0 Å². The minimum absolute atomic E-state index is 0.00287. The summed E-state index contributed by atoms with van der Waals surface area (Å²) in [6.45, 7) is 5.18. The minimum atomic E-state index is 0.00287. The van der Waals surface area contributed by atoms with Gasteiger partial charge in [0.05, 0.1) is 6.04 Å². The van der Waals surface area contributed by atoms with Crippen LogP contribution in [0.3, 0.4) is 0 Å². The molecule has 2 aliphatic rings. The van der Waals surface area contributed by atoms with Crippen molar-refractivity contribution in [2.45, 2.75) is 31.8 Å². The van der Waals surface area contributed by atoms with Gasteiger partial charge in [-0.05, 0) is 49.6 Å². The van der Waals surface area contributed by atoms with Gasteiger partial charge in [0.1, 0.15) is 0 Å². The molecule has 0 radical (unpaired) electrons. The first kappa shape index (κ1) is 21.4. The third-order valence-corrected chi connectivity index (χ3v) is 6.70. The summed E-state index contributed by atoms with van der Waals surface area (Å²) in [4.78, 5) is 31.4. The van der Waals surface area contributed by atoms with Gasteiger partial charge in [0, 0.05) is 45.3 Å². The van der Waals surface area contributed by atoms with Gasteiger partial charge in [-0.2, -0.15) is 0 Å². The van der Waals surface area contributed by atoms with E-state index in [0.717, 1.165) is 37.1 Å². The zero-order valence-electron chi connectivity index (χ0n) is 18.7. The van der Waals surface area contributed by atoms with E-state index in [2.05, 4.69) is 36.5 Å². The summed E-state index contributed by atoms with van der Waals surface area (Å²) < 4.78 is 0. The third kappa shape index (κ3) is 4.59. The standard InChI is InChI=1S/C25H32N4O2/c1-18-4-6-19(7-5-18)20-8-10-21(11-9-20)24(30)27(2)23-13-15-29(17-23)25(31)28(3)22-12-14-26-16-22/h4-11,22-23,26H,12-17H2,1-3H3. The van der Waals surface area contributed by atoms with Crippen molar-refractivity contribution in [1.29, 1.82) is 0 Å². The number of nitrogens with one attached hydrogen (secondary N) is 1. The molecule has 3 amide bonds. The van der Waals surface area contributed by atoms with Gasteiger partial charge in [0.2, 0.25) is 0 Å². The summed E-state index contributed by atoms with van der Waals surface area (Å²) >= 11 is 0. The van der Waals surface area contributed by atoms with Crippen LogP contribution in [0.25, 0.3) is 11.1 Å². The fraction of sp³-hybridized carbons (Fsp3) is 0.440. The number of aryl methyl sites for hydroxylation is 1. The van der Waals surface area contributed by atoms with Crippen LogP contribution in [0.5, 0.6) is 0 Å². The number of carbonyl (C=O) groups excluding carboxylic acids is 2. The van der Waals surface area contributed by atoms with Crippen molar-refractivity contribution in [3.63, 3.8) is 0 Å². The van der Waals surface area contributed by atoms with E-state index in [9.17, 15) is 9.59 Å². The second kappa shape index (κ2) is 9.10. The molecule has 6 nitrogen and oxygen atoms in total. The molecule has 2 heterocycles. The molecule has 2 aromatic rings. The van der Waals surface area contributed by atoms with Crippen LogP contribution in [-0.4, -0.2) is 79.0 Å². The molecule has 164 valence electrons. The topological polar surface area (TPSA) is 55.9 Å². The van der Waals surface area contributed by atoms with Gasteiger partial charge in [-0.3, -0.25) is 4.79 Å². The second-order valence-electron chi connectivity index (χ2n) is 8.79. The van der Waals surface area contributed by atoms with Crippen LogP contribution >= 0.6 is 0 Å². The van der Waals surface area contributed by atoms with E-state index in [4.69, 9.17) is 0 Å². The van der Waals surface area contributed by atoms with E-state index < -0.39 is 0 Å². The highest BCUT2D eigenvalue weighted by Crippen LogP contribution is 2.23. The lowest BCUT2D eigenvalue weighted by Gasteiger charge is -2.30. The molecule has 2 atom stereocenters. The maximum Gasteiger partial charge on any atom is 0.320 e. The summed E-state index contributed by atoms with van der Waals surface area (Å²) in [6.07, 6.45) is 1.81. The van der Waals surface area contributed by atoms with Crippen molar-refractivity contribution in [3.8, 4) is 11.1 Å². The maximum absolute atomic E-state index is 13.0. The van der Waals surface area contributed by atoms with E-state index in [1.54, 1.807) is 4.90 Å². The van der Waals surface area contributed by atoms with E-state index in [1.807, 2.05) is 48.2 Å². The van der Waals surface area contributed by atoms with E-state index in [-0.39, 0.29) is 24.0 Å². The van der Waals surface area contributed by atoms with Crippen LogP contribution in [0.15, 0.2) is 48.5 Å². The van der Waals surface area contributed by atoms with Crippen LogP contribution in [0.1, 0.15) is 28.8 Å². The minimum Gasteiger partial charge on any atom is -0.337 e. The third-order valence-electron chi connectivity index (χ3n) is 6.70. The van der Waals surface area contributed by atoms with Crippen molar-refractivity contribution in [3.05, 3.63) is 59.7 Å². The predicted molar refractivity (Wildman–Crippen MR) is 123 cm³/mol. The molecule has 2 fully saturated rings. The van der Waals surface area contributed by atoms with Gasteiger partial charge in [-0.1, -0.05) is 42.0 Å². The molecular formula is C25H32N4O2. The molecular weight excluding hydrogens is 388 g/mol. The highest BCUT2D eigenvalue weighted by Gasteiger charge is 2.34. The summed E-state index contributed by atoms with van der Waals surface area (Å²) in [6, 6.07) is 16.6. The number of amides is 3. The van der Waals surface area contributed by atoms with Crippen molar-refractivity contribution in [1.82, 2.24) is 20.0 Å². The predicted octanol–water partition coefficient (Wildman–Crippen LogP) is 3.22. The highest BCUT2D eigenvalue weighted by atomic mass is 16.2. The Morgan fingerprint density at radius 2 is 1.55 bits per heavy atom. The Kier molecular flexibility index (Phi) is 6.28. The Bertz CT molecular complexity index is 920. The average Bonchev–Trinajstić information content (AvgIpc) is 3.50. The van der Waals surface area contributed by atoms with E-state index >= 15 is 0 Å². The molecule has 0 spiro atoms. The normalized spacial score (nSPS) is 20.7. The largest absolute Gasteiger partial charge is 0.337 e. The first-order valence-electron chi connectivity index (χ1n) is 11.1. The quantitative estimate of drug-likeness (QED) is 0.826. The van der Waals surface area contributed by atoms with Gasteiger partial charge in [-0.25, -0.2) is 4.79 Å². The SMILES string of the molecule is Cc1ccc(-c2ccc(C(=O)N(C)C3CCN(C(=O)N(C)C4CCNC4)C3)cc2)cc1.